The lowest BCUT2D eigenvalue weighted by molar-refractivity contribution is -0.138. The first-order valence-electron chi connectivity index (χ1n) is 7.12. The smallest absolute Gasteiger partial charge is 0.328 e. The molecule has 3 heterocycles. The van der Waals surface area contributed by atoms with Gasteiger partial charge in [0.25, 0.3) is 5.91 Å². The van der Waals surface area contributed by atoms with E-state index in [2.05, 4.69) is 0 Å². The van der Waals surface area contributed by atoms with Crippen LogP contribution in [0.4, 0.5) is 4.79 Å². The molecule has 0 bridgehead atoms. The predicted molar refractivity (Wildman–Crippen MR) is 65.1 cm³/mol. The van der Waals surface area contributed by atoms with Crippen LogP contribution in [0.5, 0.6) is 0 Å². The van der Waals surface area contributed by atoms with Crippen LogP contribution >= 0.6 is 0 Å². The molecule has 0 N–H and O–H groups in total. The van der Waals surface area contributed by atoms with Gasteiger partial charge in [-0.3, -0.25) is 9.59 Å². The van der Waals surface area contributed by atoms with Gasteiger partial charge in [-0.25, -0.2) is 9.69 Å². The van der Waals surface area contributed by atoms with E-state index in [1.807, 2.05) is 4.90 Å². The molecule has 2 atom stereocenters. The van der Waals surface area contributed by atoms with Gasteiger partial charge < -0.3 is 9.80 Å². The first-order valence-corrected chi connectivity index (χ1v) is 7.12. The molecule has 1 aliphatic carbocycles. The van der Waals surface area contributed by atoms with Crippen molar-refractivity contribution in [2.45, 2.75) is 50.2 Å². The summed E-state index contributed by atoms with van der Waals surface area (Å²) in [5.74, 6) is -0.177. The minimum Gasteiger partial charge on any atom is -0.338 e. The third kappa shape index (κ3) is 1.45. The fraction of sp³-hybridized carbons (Fsp3) is 0.769. The average Bonchev–Trinajstić information content (AvgIpc) is 2.91. The highest BCUT2D eigenvalue weighted by atomic mass is 16.2. The summed E-state index contributed by atoms with van der Waals surface area (Å²) in [4.78, 5) is 41.7. The Kier molecular flexibility index (Phi) is 2.20. The molecule has 0 aromatic rings. The Morgan fingerprint density at radius 2 is 1.58 bits per heavy atom. The fourth-order valence-corrected chi connectivity index (χ4v) is 3.61. The number of carbonyl (C=O) groups is 3. The zero-order valence-electron chi connectivity index (χ0n) is 10.7. The standard InChI is InChI=1S/C13H17N3O3/c17-11-10(5-7-14(11)8-3-4-8)16-12(18)9-2-1-6-15(9)13(16)19/h8-10H,1-7H2/t9-,10-/m1/s1. The molecule has 19 heavy (non-hydrogen) atoms. The lowest BCUT2D eigenvalue weighted by Crippen LogP contribution is -2.46. The zero-order valence-corrected chi connectivity index (χ0v) is 10.7. The van der Waals surface area contributed by atoms with Crippen molar-refractivity contribution in [2.24, 2.45) is 0 Å². The Bertz CT molecular complexity index is 452. The molecular formula is C13H17N3O3. The summed E-state index contributed by atoms with van der Waals surface area (Å²) in [5, 5.41) is 0. The van der Waals surface area contributed by atoms with Crippen LogP contribution in [0.1, 0.15) is 32.1 Å². The molecule has 0 radical (unpaired) electrons. The third-order valence-corrected chi connectivity index (χ3v) is 4.74. The van der Waals surface area contributed by atoms with Crippen molar-refractivity contribution in [3.63, 3.8) is 0 Å². The largest absolute Gasteiger partial charge is 0.338 e. The molecule has 1 saturated carbocycles. The van der Waals surface area contributed by atoms with Gasteiger partial charge in [0.15, 0.2) is 0 Å². The highest BCUT2D eigenvalue weighted by molar-refractivity contribution is 6.08. The predicted octanol–water partition coefficient (Wildman–Crippen LogP) is 0.176. The fourth-order valence-electron chi connectivity index (χ4n) is 3.61. The second-order valence-corrected chi connectivity index (χ2v) is 5.91. The number of hydrogen-bond acceptors (Lipinski definition) is 3. The molecule has 6 heteroatoms. The summed E-state index contributed by atoms with van der Waals surface area (Å²) in [7, 11) is 0. The van der Waals surface area contributed by atoms with Gasteiger partial charge in [-0.1, -0.05) is 0 Å². The van der Waals surface area contributed by atoms with Crippen LogP contribution in [0, 0.1) is 0 Å². The number of rotatable bonds is 2. The average molecular weight is 263 g/mol. The van der Waals surface area contributed by atoms with Crippen LogP contribution in [-0.4, -0.2) is 63.8 Å². The van der Waals surface area contributed by atoms with Gasteiger partial charge in [0.1, 0.15) is 12.1 Å². The molecule has 3 aliphatic heterocycles. The van der Waals surface area contributed by atoms with E-state index in [0.717, 1.165) is 25.7 Å². The monoisotopic (exact) mass is 263 g/mol. The number of imide groups is 1. The van der Waals surface area contributed by atoms with E-state index in [1.54, 1.807) is 4.90 Å². The van der Waals surface area contributed by atoms with E-state index < -0.39 is 6.04 Å². The van der Waals surface area contributed by atoms with Gasteiger partial charge in [-0.05, 0) is 32.1 Å². The Hall–Kier alpha value is -1.59. The summed E-state index contributed by atoms with van der Waals surface area (Å²) < 4.78 is 0. The second kappa shape index (κ2) is 3.71. The molecular weight excluding hydrogens is 246 g/mol. The molecule has 102 valence electrons. The van der Waals surface area contributed by atoms with Crippen LogP contribution in [-0.2, 0) is 9.59 Å². The normalized spacial score (nSPS) is 34.7. The number of amides is 4. The molecule has 0 aromatic heterocycles. The first kappa shape index (κ1) is 11.3. The van der Waals surface area contributed by atoms with Crippen LogP contribution in [0.3, 0.4) is 0 Å². The van der Waals surface area contributed by atoms with Gasteiger partial charge in [-0.15, -0.1) is 0 Å². The zero-order chi connectivity index (χ0) is 13.1. The summed E-state index contributed by atoms with van der Waals surface area (Å²) in [6.45, 7) is 1.34. The number of hydrogen-bond donors (Lipinski definition) is 0. The molecule has 6 nitrogen and oxygen atoms in total. The van der Waals surface area contributed by atoms with Crippen molar-refractivity contribution < 1.29 is 14.4 Å². The maximum atomic E-state index is 12.3. The van der Waals surface area contributed by atoms with E-state index in [-0.39, 0.29) is 23.9 Å². The van der Waals surface area contributed by atoms with E-state index in [4.69, 9.17) is 0 Å². The van der Waals surface area contributed by atoms with Crippen molar-refractivity contribution in [3.05, 3.63) is 0 Å². The maximum absolute atomic E-state index is 12.3. The lowest BCUT2D eigenvalue weighted by atomic mass is 10.1. The van der Waals surface area contributed by atoms with Crippen LogP contribution in [0.15, 0.2) is 0 Å². The van der Waals surface area contributed by atoms with E-state index in [1.165, 1.54) is 4.90 Å². The molecule has 3 saturated heterocycles. The van der Waals surface area contributed by atoms with Crippen molar-refractivity contribution in [2.75, 3.05) is 13.1 Å². The van der Waals surface area contributed by atoms with Gasteiger partial charge in [0.05, 0.1) is 0 Å². The van der Waals surface area contributed by atoms with Crippen LogP contribution < -0.4 is 0 Å². The summed E-state index contributed by atoms with van der Waals surface area (Å²) in [6, 6.07) is -0.713. The molecule has 4 fully saturated rings. The number of fused-ring (bicyclic) bond motifs is 1. The molecule has 4 amide bonds. The molecule has 4 rings (SSSR count). The summed E-state index contributed by atoms with van der Waals surface area (Å²) in [6.07, 6.45) is 4.37. The van der Waals surface area contributed by atoms with Crippen molar-refractivity contribution in [1.29, 1.82) is 0 Å². The first-order chi connectivity index (χ1) is 9.18. The van der Waals surface area contributed by atoms with E-state index in [9.17, 15) is 14.4 Å². The summed E-state index contributed by atoms with van der Waals surface area (Å²) in [5.41, 5.74) is 0. The third-order valence-electron chi connectivity index (χ3n) is 4.74. The minimum absolute atomic E-state index is 0.0228. The highest BCUT2D eigenvalue weighted by Gasteiger charge is 2.54. The van der Waals surface area contributed by atoms with Crippen molar-refractivity contribution in [1.82, 2.24) is 14.7 Å². The number of urea groups is 1. The maximum Gasteiger partial charge on any atom is 0.328 e. The molecule has 0 unspecified atom stereocenters. The highest BCUT2D eigenvalue weighted by Crippen LogP contribution is 2.35. The molecule has 4 aliphatic rings. The topological polar surface area (TPSA) is 60.9 Å². The van der Waals surface area contributed by atoms with Crippen molar-refractivity contribution in [3.8, 4) is 0 Å². The Balaban J connectivity index is 1.58. The Labute approximate surface area is 111 Å². The van der Waals surface area contributed by atoms with Gasteiger partial charge in [0, 0.05) is 19.1 Å². The Morgan fingerprint density at radius 3 is 2.26 bits per heavy atom. The Morgan fingerprint density at radius 1 is 0.789 bits per heavy atom. The van der Waals surface area contributed by atoms with Gasteiger partial charge >= 0.3 is 6.03 Å². The number of nitrogens with zero attached hydrogens (tertiary/aromatic N) is 3. The number of carbonyl (C=O) groups excluding carboxylic acids is 3. The van der Waals surface area contributed by atoms with Gasteiger partial charge in [-0.2, -0.15) is 0 Å². The quantitative estimate of drug-likeness (QED) is 0.668. The number of likely N-dealkylation sites (tertiary alicyclic amines) is 1. The lowest BCUT2D eigenvalue weighted by Gasteiger charge is -2.22. The van der Waals surface area contributed by atoms with E-state index >= 15 is 0 Å². The van der Waals surface area contributed by atoms with Crippen LogP contribution in [0.2, 0.25) is 0 Å². The minimum atomic E-state index is -0.536. The molecule has 0 spiro atoms. The van der Waals surface area contributed by atoms with E-state index in [0.29, 0.717) is 25.6 Å². The second-order valence-electron chi connectivity index (χ2n) is 5.91. The van der Waals surface area contributed by atoms with Crippen LogP contribution in [0.25, 0.3) is 0 Å². The SMILES string of the molecule is O=C1[C@H](N2C(=O)[C@H]3CCCN3C2=O)CCN1C1CC1. The van der Waals surface area contributed by atoms with Gasteiger partial charge in [0.2, 0.25) is 5.91 Å². The summed E-state index contributed by atoms with van der Waals surface area (Å²) >= 11 is 0. The van der Waals surface area contributed by atoms with Crippen molar-refractivity contribution >= 4 is 17.8 Å². The molecule has 0 aromatic carbocycles.